The lowest BCUT2D eigenvalue weighted by atomic mass is 10.1. The van der Waals surface area contributed by atoms with Gasteiger partial charge in [-0.05, 0) is 12.8 Å². The lowest BCUT2D eigenvalue weighted by molar-refractivity contribution is 0.567. The van der Waals surface area contributed by atoms with E-state index < -0.39 is 0 Å². The standard InChI is InChI=1S/C21H40/c1-3-5-7-9-11-13-15-17-19-21-20-18-16-14-12-10-8-6-4-2/h3-17,19,21H2,1-2H3. The van der Waals surface area contributed by atoms with Crippen LogP contribution in [0.25, 0.3) is 0 Å². The van der Waals surface area contributed by atoms with Crippen molar-refractivity contribution in [2.45, 2.75) is 123 Å². The zero-order chi connectivity index (χ0) is 15.4. The first-order valence-corrected chi connectivity index (χ1v) is 9.87. The Kier molecular flexibility index (Phi) is 19.2. The van der Waals surface area contributed by atoms with Gasteiger partial charge in [0.2, 0.25) is 0 Å². The van der Waals surface area contributed by atoms with Crippen LogP contribution in [0, 0.1) is 11.8 Å². The van der Waals surface area contributed by atoms with E-state index in [1.54, 1.807) is 0 Å². The fourth-order valence-corrected chi connectivity index (χ4v) is 2.69. The van der Waals surface area contributed by atoms with E-state index in [0.29, 0.717) is 0 Å². The molecule has 0 spiro atoms. The average Bonchev–Trinajstić information content (AvgIpc) is 2.50. The van der Waals surface area contributed by atoms with E-state index >= 15 is 0 Å². The molecule has 0 aromatic heterocycles. The van der Waals surface area contributed by atoms with Crippen molar-refractivity contribution in [3.05, 3.63) is 0 Å². The third-order valence-electron chi connectivity index (χ3n) is 4.19. The van der Waals surface area contributed by atoms with Gasteiger partial charge in [-0.3, -0.25) is 0 Å². The maximum Gasteiger partial charge on any atom is 0.00886 e. The van der Waals surface area contributed by atoms with Crippen molar-refractivity contribution in [3.8, 4) is 11.8 Å². The van der Waals surface area contributed by atoms with Gasteiger partial charge in [-0.2, -0.15) is 0 Å². The Morgan fingerprint density at radius 2 is 0.667 bits per heavy atom. The Morgan fingerprint density at radius 3 is 1.00 bits per heavy atom. The molecule has 0 nitrogen and oxygen atoms in total. The molecule has 0 bridgehead atoms. The van der Waals surface area contributed by atoms with Crippen LogP contribution in [0.15, 0.2) is 0 Å². The third kappa shape index (κ3) is 19.6. The first-order valence-electron chi connectivity index (χ1n) is 9.87. The van der Waals surface area contributed by atoms with Gasteiger partial charge in [0, 0.05) is 12.8 Å². The molecular weight excluding hydrogens is 252 g/mol. The smallest absolute Gasteiger partial charge is 0.00886 e. The highest BCUT2D eigenvalue weighted by molar-refractivity contribution is 4.98. The van der Waals surface area contributed by atoms with Crippen LogP contribution in [0.4, 0.5) is 0 Å². The van der Waals surface area contributed by atoms with E-state index in [-0.39, 0.29) is 0 Å². The maximum atomic E-state index is 3.36. The first-order chi connectivity index (χ1) is 10.4. The molecule has 0 N–H and O–H groups in total. The monoisotopic (exact) mass is 292 g/mol. The molecule has 0 radical (unpaired) electrons. The summed E-state index contributed by atoms with van der Waals surface area (Å²) in [7, 11) is 0. The van der Waals surface area contributed by atoms with E-state index in [4.69, 9.17) is 0 Å². The minimum atomic E-state index is 1.13. The molecule has 124 valence electrons. The predicted molar refractivity (Wildman–Crippen MR) is 97.6 cm³/mol. The van der Waals surface area contributed by atoms with E-state index in [0.717, 1.165) is 12.8 Å². The molecule has 0 aliphatic rings. The summed E-state index contributed by atoms with van der Waals surface area (Å²) >= 11 is 0. The van der Waals surface area contributed by atoms with Crippen molar-refractivity contribution >= 4 is 0 Å². The molecule has 0 saturated heterocycles. The normalized spacial score (nSPS) is 10.4. The van der Waals surface area contributed by atoms with Crippen molar-refractivity contribution in [2.24, 2.45) is 0 Å². The van der Waals surface area contributed by atoms with Crippen LogP contribution >= 0.6 is 0 Å². The summed E-state index contributed by atoms with van der Waals surface area (Å²) in [6.45, 7) is 4.56. The summed E-state index contributed by atoms with van der Waals surface area (Å²) in [5.74, 6) is 6.71. The van der Waals surface area contributed by atoms with Crippen molar-refractivity contribution in [1.82, 2.24) is 0 Å². The molecular formula is C21H40. The molecule has 0 saturated carbocycles. The Balaban J connectivity index is 3.06. The quantitative estimate of drug-likeness (QED) is 0.215. The Labute approximate surface area is 135 Å². The molecule has 0 amide bonds. The van der Waals surface area contributed by atoms with E-state index in [1.807, 2.05) is 0 Å². The first kappa shape index (κ1) is 20.6. The van der Waals surface area contributed by atoms with Crippen LogP contribution in [0.5, 0.6) is 0 Å². The lowest BCUT2D eigenvalue weighted by Gasteiger charge is -2.00. The Bertz CT molecular complexity index is 230. The number of hydrogen-bond acceptors (Lipinski definition) is 0. The van der Waals surface area contributed by atoms with Gasteiger partial charge in [0.15, 0.2) is 0 Å². The van der Waals surface area contributed by atoms with Gasteiger partial charge in [-0.1, -0.05) is 97.3 Å². The molecule has 0 aromatic rings. The van der Waals surface area contributed by atoms with E-state index in [1.165, 1.54) is 96.3 Å². The van der Waals surface area contributed by atoms with Crippen LogP contribution in [-0.4, -0.2) is 0 Å². The second-order valence-electron chi connectivity index (χ2n) is 6.45. The van der Waals surface area contributed by atoms with Crippen molar-refractivity contribution in [2.75, 3.05) is 0 Å². The maximum absolute atomic E-state index is 3.36. The molecule has 0 unspecified atom stereocenters. The third-order valence-corrected chi connectivity index (χ3v) is 4.19. The van der Waals surface area contributed by atoms with Crippen LogP contribution in [-0.2, 0) is 0 Å². The second-order valence-corrected chi connectivity index (χ2v) is 6.45. The Hall–Kier alpha value is -0.440. The minimum Gasteiger partial charge on any atom is -0.103 e. The Morgan fingerprint density at radius 1 is 0.381 bits per heavy atom. The molecule has 0 atom stereocenters. The van der Waals surface area contributed by atoms with Gasteiger partial charge in [-0.25, -0.2) is 0 Å². The predicted octanol–water partition coefficient (Wildman–Crippen LogP) is 7.66. The average molecular weight is 293 g/mol. The summed E-state index contributed by atoms with van der Waals surface area (Å²) in [6.07, 6.45) is 23.2. The van der Waals surface area contributed by atoms with Crippen LogP contribution < -0.4 is 0 Å². The van der Waals surface area contributed by atoms with Crippen molar-refractivity contribution in [3.63, 3.8) is 0 Å². The van der Waals surface area contributed by atoms with Gasteiger partial charge in [0.1, 0.15) is 0 Å². The SMILES string of the molecule is CCCCCCCCC#CCCCCCCCCCCC. The summed E-state index contributed by atoms with van der Waals surface area (Å²) < 4.78 is 0. The van der Waals surface area contributed by atoms with Gasteiger partial charge in [0.05, 0.1) is 0 Å². The highest BCUT2D eigenvalue weighted by Crippen LogP contribution is 2.10. The fourth-order valence-electron chi connectivity index (χ4n) is 2.69. The van der Waals surface area contributed by atoms with Gasteiger partial charge in [-0.15, -0.1) is 11.8 Å². The molecule has 0 rings (SSSR count). The molecule has 0 aromatic carbocycles. The highest BCUT2D eigenvalue weighted by Gasteiger charge is 1.91. The highest BCUT2D eigenvalue weighted by atomic mass is 14.0. The minimum absolute atomic E-state index is 1.13. The van der Waals surface area contributed by atoms with Crippen LogP contribution in [0.3, 0.4) is 0 Å². The molecule has 0 heteroatoms. The summed E-state index contributed by atoms with van der Waals surface area (Å²) in [5.41, 5.74) is 0. The van der Waals surface area contributed by atoms with Gasteiger partial charge in [0.25, 0.3) is 0 Å². The van der Waals surface area contributed by atoms with Crippen molar-refractivity contribution in [1.29, 1.82) is 0 Å². The second kappa shape index (κ2) is 19.6. The lowest BCUT2D eigenvalue weighted by Crippen LogP contribution is -1.81. The number of unbranched alkanes of at least 4 members (excludes halogenated alkanes) is 15. The van der Waals surface area contributed by atoms with Crippen LogP contribution in [0.1, 0.15) is 123 Å². The topological polar surface area (TPSA) is 0 Å². The summed E-state index contributed by atoms with van der Waals surface area (Å²) in [6, 6.07) is 0. The summed E-state index contributed by atoms with van der Waals surface area (Å²) in [4.78, 5) is 0. The molecule has 0 aliphatic carbocycles. The van der Waals surface area contributed by atoms with Crippen LogP contribution in [0.2, 0.25) is 0 Å². The van der Waals surface area contributed by atoms with E-state index in [9.17, 15) is 0 Å². The largest absolute Gasteiger partial charge is 0.103 e. The fraction of sp³-hybridized carbons (Fsp3) is 0.905. The van der Waals surface area contributed by atoms with Gasteiger partial charge < -0.3 is 0 Å². The number of hydrogen-bond donors (Lipinski definition) is 0. The molecule has 21 heavy (non-hydrogen) atoms. The zero-order valence-electron chi connectivity index (χ0n) is 15.0. The zero-order valence-corrected chi connectivity index (χ0v) is 15.0. The van der Waals surface area contributed by atoms with Gasteiger partial charge >= 0.3 is 0 Å². The number of rotatable bonds is 15. The van der Waals surface area contributed by atoms with Crippen molar-refractivity contribution < 1.29 is 0 Å². The molecule has 0 aliphatic heterocycles. The molecule has 0 heterocycles. The molecule has 0 fully saturated rings. The van der Waals surface area contributed by atoms with E-state index in [2.05, 4.69) is 25.7 Å². The summed E-state index contributed by atoms with van der Waals surface area (Å²) in [5, 5.41) is 0.